The number of aromatic nitrogens is 2. The molecule has 2 amide bonds. The summed E-state index contributed by atoms with van der Waals surface area (Å²) in [5, 5.41) is 7.16. The van der Waals surface area contributed by atoms with Crippen LogP contribution < -0.4 is 10.2 Å². The molecule has 30 heavy (non-hydrogen) atoms. The quantitative estimate of drug-likeness (QED) is 0.712. The Morgan fingerprint density at radius 3 is 3.00 bits per heavy atom. The average Bonchev–Trinajstić information content (AvgIpc) is 3.46. The van der Waals surface area contributed by atoms with Crippen molar-refractivity contribution in [3.8, 4) is 11.5 Å². The maximum atomic E-state index is 13.0. The third-order valence-electron chi connectivity index (χ3n) is 5.89. The van der Waals surface area contributed by atoms with Gasteiger partial charge in [0.2, 0.25) is 0 Å². The molecule has 154 valence electrons. The van der Waals surface area contributed by atoms with E-state index < -0.39 is 0 Å². The third-order valence-corrected chi connectivity index (χ3v) is 5.89. The molecule has 0 unspecified atom stereocenters. The van der Waals surface area contributed by atoms with Crippen molar-refractivity contribution in [1.29, 1.82) is 0 Å². The zero-order valence-electron chi connectivity index (χ0n) is 17.1. The van der Waals surface area contributed by atoms with Crippen LogP contribution in [-0.4, -0.2) is 29.8 Å². The molecule has 7 heteroatoms. The lowest BCUT2D eigenvalue weighted by atomic mass is 10.0. The van der Waals surface area contributed by atoms with Gasteiger partial charge in [0.25, 0.3) is 5.89 Å². The normalized spacial score (nSPS) is 17.1. The van der Waals surface area contributed by atoms with Gasteiger partial charge in [-0.25, -0.2) is 4.79 Å². The maximum Gasteiger partial charge on any atom is 0.322 e. The van der Waals surface area contributed by atoms with Gasteiger partial charge >= 0.3 is 6.03 Å². The van der Waals surface area contributed by atoms with Crippen molar-refractivity contribution in [2.75, 3.05) is 18.6 Å². The van der Waals surface area contributed by atoms with Crippen molar-refractivity contribution in [3.63, 3.8) is 0 Å². The second-order valence-electron chi connectivity index (χ2n) is 7.94. The van der Waals surface area contributed by atoms with Crippen LogP contribution in [0.4, 0.5) is 10.5 Å². The number of rotatable bonds is 4. The maximum absolute atomic E-state index is 13.0. The Bertz CT molecular complexity index is 1110. The molecule has 1 aliphatic heterocycles. The van der Waals surface area contributed by atoms with Gasteiger partial charge in [-0.05, 0) is 66.6 Å². The highest BCUT2D eigenvalue weighted by molar-refractivity contribution is 5.94. The summed E-state index contributed by atoms with van der Waals surface area (Å²) in [6, 6.07) is 12.4. The molecule has 1 N–H and O–H groups in total. The van der Waals surface area contributed by atoms with Crippen LogP contribution in [0.5, 0.6) is 0 Å². The van der Waals surface area contributed by atoms with Crippen molar-refractivity contribution >= 4 is 11.7 Å². The van der Waals surface area contributed by atoms with Gasteiger partial charge in [0.05, 0.1) is 6.04 Å². The number of urea groups is 1. The predicted molar refractivity (Wildman–Crippen MR) is 112 cm³/mol. The molecule has 3 aromatic rings. The average molecular weight is 404 g/mol. The number of aryl methyl sites for hydroxylation is 2. The van der Waals surface area contributed by atoms with Crippen LogP contribution in [0.1, 0.15) is 40.5 Å². The fourth-order valence-corrected chi connectivity index (χ4v) is 4.39. The molecular formula is C23H24N4O3. The number of carbonyl (C=O) groups excluding carboxylic acids is 1. The molecule has 0 radical (unpaired) electrons. The Balaban J connectivity index is 1.32. The minimum absolute atomic E-state index is 0.0159. The lowest BCUT2D eigenvalue weighted by Crippen LogP contribution is -2.40. The van der Waals surface area contributed by atoms with E-state index in [2.05, 4.69) is 52.7 Å². The van der Waals surface area contributed by atoms with Crippen molar-refractivity contribution in [2.24, 2.45) is 0 Å². The van der Waals surface area contributed by atoms with E-state index in [0.29, 0.717) is 18.3 Å². The summed E-state index contributed by atoms with van der Waals surface area (Å²) in [5.41, 5.74) is 6.69. The number of fused-ring (bicyclic) bond motifs is 2. The van der Waals surface area contributed by atoms with Gasteiger partial charge in [0.1, 0.15) is 6.61 Å². The van der Waals surface area contributed by atoms with Gasteiger partial charge in [-0.1, -0.05) is 23.4 Å². The number of carbonyl (C=O) groups is 1. The van der Waals surface area contributed by atoms with Gasteiger partial charge in [0, 0.05) is 24.9 Å². The number of hydrogen-bond acceptors (Lipinski definition) is 5. The van der Waals surface area contributed by atoms with E-state index in [1.54, 1.807) is 7.11 Å². The zero-order chi connectivity index (χ0) is 20.7. The SMILES string of the molecule is COCc1noc(-c2ccc3c(c2)CC[C@H]3NC(=O)N2CCc3ccc(C)cc32)n1. The molecule has 0 bridgehead atoms. The first kappa shape index (κ1) is 18.8. The van der Waals surface area contributed by atoms with E-state index in [9.17, 15) is 4.79 Å². The number of hydrogen-bond donors (Lipinski definition) is 1. The Morgan fingerprint density at radius 1 is 1.23 bits per heavy atom. The Morgan fingerprint density at radius 2 is 2.13 bits per heavy atom. The molecule has 7 nitrogen and oxygen atoms in total. The molecule has 2 heterocycles. The minimum Gasteiger partial charge on any atom is -0.377 e. The number of ether oxygens (including phenoxy) is 1. The molecule has 1 atom stereocenters. The molecule has 1 aliphatic carbocycles. The smallest absolute Gasteiger partial charge is 0.322 e. The molecule has 1 aromatic heterocycles. The van der Waals surface area contributed by atoms with E-state index in [1.807, 2.05) is 11.0 Å². The molecule has 5 rings (SSSR count). The van der Waals surface area contributed by atoms with Gasteiger partial charge in [0.15, 0.2) is 5.82 Å². The lowest BCUT2D eigenvalue weighted by molar-refractivity contribution is 0.174. The van der Waals surface area contributed by atoms with Crippen molar-refractivity contribution < 1.29 is 14.1 Å². The van der Waals surface area contributed by atoms with Gasteiger partial charge in [-0.3, -0.25) is 4.90 Å². The molecule has 0 spiro atoms. The summed E-state index contributed by atoms with van der Waals surface area (Å²) in [6.07, 6.45) is 2.70. The Kier molecular flexibility index (Phi) is 4.75. The number of methoxy groups -OCH3 is 1. The van der Waals surface area contributed by atoms with Crippen LogP contribution in [0, 0.1) is 6.92 Å². The van der Waals surface area contributed by atoms with E-state index in [0.717, 1.165) is 42.6 Å². The molecular weight excluding hydrogens is 380 g/mol. The first-order valence-corrected chi connectivity index (χ1v) is 10.2. The predicted octanol–water partition coefficient (Wildman–Crippen LogP) is 3.95. The number of anilines is 1. The van der Waals surface area contributed by atoms with Crippen molar-refractivity contribution in [1.82, 2.24) is 15.5 Å². The van der Waals surface area contributed by atoms with Crippen LogP contribution >= 0.6 is 0 Å². The first-order valence-electron chi connectivity index (χ1n) is 10.2. The zero-order valence-corrected chi connectivity index (χ0v) is 17.1. The lowest BCUT2D eigenvalue weighted by Gasteiger charge is -2.22. The minimum atomic E-state index is -0.0256. The van der Waals surface area contributed by atoms with Crippen molar-refractivity contribution in [3.05, 3.63) is 64.5 Å². The van der Waals surface area contributed by atoms with Crippen LogP contribution in [0.2, 0.25) is 0 Å². The van der Waals surface area contributed by atoms with Gasteiger partial charge < -0.3 is 14.6 Å². The van der Waals surface area contributed by atoms with E-state index in [4.69, 9.17) is 9.26 Å². The fraction of sp³-hybridized carbons (Fsp3) is 0.348. The van der Waals surface area contributed by atoms with Crippen LogP contribution in [0.3, 0.4) is 0 Å². The highest BCUT2D eigenvalue weighted by atomic mass is 16.5. The Hall–Kier alpha value is -3.19. The Labute approximate surface area is 175 Å². The summed E-state index contributed by atoms with van der Waals surface area (Å²) in [5.74, 6) is 1.01. The van der Waals surface area contributed by atoms with Crippen LogP contribution in [0.15, 0.2) is 40.9 Å². The molecule has 2 aromatic carbocycles. The van der Waals surface area contributed by atoms with E-state index in [1.165, 1.54) is 16.7 Å². The van der Waals surface area contributed by atoms with Gasteiger partial charge in [-0.2, -0.15) is 4.98 Å². The fourth-order valence-electron chi connectivity index (χ4n) is 4.39. The van der Waals surface area contributed by atoms with E-state index in [-0.39, 0.29) is 12.1 Å². The third kappa shape index (κ3) is 3.35. The summed E-state index contributed by atoms with van der Waals surface area (Å²) in [7, 11) is 1.60. The summed E-state index contributed by atoms with van der Waals surface area (Å²) in [4.78, 5) is 19.2. The highest BCUT2D eigenvalue weighted by Crippen LogP contribution is 2.35. The number of nitrogens with one attached hydrogen (secondary N) is 1. The highest BCUT2D eigenvalue weighted by Gasteiger charge is 2.30. The molecule has 0 saturated heterocycles. The molecule has 0 saturated carbocycles. The molecule has 0 fully saturated rings. The summed E-state index contributed by atoms with van der Waals surface area (Å²) in [6.45, 7) is 3.10. The molecule has 2 aliphatic rings. The van der Waals surface area contributed by atoms with E-state index >= 15 is 0 Å². The summed E-state index contributed by atoms with van der Waals surface area (Å²) < 4.78 is 10.4. The standard InChI is InChI=1S/C23H24N4O3/c1-14-3-4-15-9-10-27(20(15)11-14)23(28)24-19-8-6-16-12-17(5-7-18(16)19)22-25-21(13-29-2)26-30-22/h3-5,7,11-12,19H,6,8-10,13H2,1-2H3,(H,24,28)/t19-/m1/s1. The number of amides is 2. The second kappa shape index (κ2) is 7.57. The summed E-state index contributed by atoms with van der Waals surface area (Å²) >= 11 is 0. The largest absolute Gasteiger partial charge is 0.377 e. The monoisotopic (exact) mass is 404 g/mol. The van der Waals surface area contributed by atoms with Gasteiger partial charge in [-0.15, -0.1) is 0 Å². The topological polar surface area (TPSA) is 80.5 Å². The van der Waals surface area contributed by atoms with Crippen LogP contribution in [0.25, 0.3) is 11.5 Å². The first-order chi connectivity index (χ1) is 14.6. The second-order valence-corrected chi connectivity index (χ2v) is 7.94. The number of nitrogens with zero attached hydrogens (tertiary/aromatic N) is 3. The van der Waals surface area contributed by atoms with Crippen LogP contribution in [-0.2, 0) is 24.2 Å². The van der Waals surface area contributed by atoms with Crippen molar-refractivity contribution in [2.45, 2.75) is 38.8 Å². The number of benzene rings is 2.